The lowest BCUT2D eigenvalue weighted by molar-refractivity contribution is 0.809. The van der Waals surface area contributed by atoms with E-state index in [0.717, 1.165) is 33.8 Å². The van der Waals surface area contributed by atoms with E-state index in [0.29, 0.717) is 6.54 Å². The Bertz CT molecular complexity index is 484. The molecule has 0 aliphatic carbocycles. The van der Waals surface area contributed by atoms with Crippen molar-refractivity contribution in [1.82, 2.24) is 10.2 Å². The van der Waals surface area contributed by atoms with E-state index in [-0.39, 0.29) is 0 Å². The maximum atomic E-state index is 5.47. The minimum Gasteiger partial charge on any atom is -0.330 e. The second-order valence-electron chi connectivity index (χ2n) is 3.79. The fourth-order valence-corrected chi connectivity index (χ4v) is 2.90. The largest absolute Gasteiger partial charge is 0.330 e. The average Bonchev–Trinajstić information content (AvgIpc) is 2.74. The molecule has 0 unspecified atom stereocenters. The van der Waals surface area contributed by atoms with Crippen LogP contribution in [0.4, 0.5) is 0 Å². The summed E-state index contributed by atoms with van der Waals surface area (Å²) < 4.78 is 1.10. The third-order valence-corrected chi connectivity index (χ3v) is 3.82. The first kappa shape index (κ1) is 12.7. The Morgan fingerprint density at radius 2 is 2.06 bits per heavy atom. The van der Waals surface area contributed by atoms with Gasteiger partial charge in [-0.1, -0.05) is 28.1 Å². The van der Waals surface area contributed by atoms with Crippen molar-refractivity contribution in [1.29, 1.82) is 0 Å². The van der Waals surface area contributed by atoms with Gasteiger partial charge >= 0.3 is 0 Å². The molecule has 0 radical (unpaired) electrons. The second kappa shape index (κ2) is 6.23. The van der Waals surface area contributed by atoms with Crippen LogP contribution in [0.3, 0.4) is 0 Å². The molecular weight excluding hydrogens is 298 g/mol. The summed E-state index contributed by atoms with van der Waals surface area (Å²) >= 11 is 5.15. The van der Waals surface area contributed by atoms with Gasteiger partial charge in [-0.3, -0.25) is 0 Å². The molecule has 0 saturated carbocycles. The molecule has 0 aliphatic rings. The van der Waals surface area contributed by atoms with Gasteiger partial charge in [0, 0.05) is 17.3 Å². The molecule has 2 N–H and O–H groups in total. The molecule has 0 spiro atoms. The van der Waals surface area contributed by atoms with Crippen molar-refractivity contribution in [2.75, 3.05) is 6.54 Å². The molecule has 0 saturated heterocycles. The summed E-state index contributed by atoms with van der Waals surface area (Å²) in [5.74, 6) is 0. The summed E-state index contributed by atoms with van der Waals surface area (Å²) in [7, 11) is 0. The van der Waals surface area contributed by atoms with Crippen molar-refractivity contribution in [3.05, 3.63) is 44.3 Å². The van der Waals surface area contributed by atoms with Crippen LogP contribution in [0.15, 0.2) is 28.7 Å². The van der Waals surface area contributed by atoms with Crippen LogP contribution >= 0.6 is 27.3 Å². The van der Waals surface area contributed by atoms with Gasteiger partial charge in [-0.2, -0.15) is 0 Å². The molecule has 0 aliphatic heterocycles. The van der Waals surface area contributed by atoms with Crippen molar-refractivity contribution in [3.63, 3.8) is 0 Å². The van der Waals surface area contributed by atoms with Gasteiger partial charge in [0.2, 0.25) is 0 Å². The van der Waals surface area contributed by atoms with Crippen molar-refractivity contribution in [3.8, 4) is 0 Å². The number of aryl methyl sites for hydroxylation is 1. The first-order valence-electron chi connectivity index (χ1n) is 5.53. The van der Waals surface area contributed by atoms with E-state index in [1.165, 1.54) is 5.56 Å². The zero-order valence-corrected chi connectivity index (χ0v) is 11.8. The van der Waals surface area contributed by atoms with E-state index in [4.69, 9.17) is 5.73 Å². The molecule has 1 heterocycles. The molecule has 0 atom stereocenters. The Morgan fingerprint density at radius 1 is 1.24 bits per heavy atom. The maximum absolute atomic E-state index is 5.47. The van der Waals surface area contributed by atoms with Gasteiger partial charge in [0.05, 0.1) is 0 Å². The third-order valence-electron chi connectivity index (χ3n) is 2.35. The summed E-state index contributed by atoms with van der Waals surface area (Å²) in [5, 5.41) is 10.5. The number of nitrogens with two attached hydrogens (primary N) is 1. The summed E-state index contributed by atoms with van der Waals surface area (Å²) in [6.07, 6.45) is 2.76. The van der Waals surface area contributed by atoms with Gasteiger partial charge in [0.15, 0.2) is 0 Å². The Morgan fingerprint density at radius 3 is 2.82 bits per heavy atom. The van der Waals surface area contributed by atoms with Gasteiger partial charge in [-0.25, -0.2) is 0 Å². The molecule has 3 nitrogen and oxygen atoms in total. The fraction of sp³-hybridized carbons (Fsp3) is 0.333. The van der Waals surface area contributed by atoms with Crippen LogP contribution in [0.25, 0.3) is 0 Å². The lowest BCUT2D eigenvalue weighted by Crippen LogP contribution is -1.99. The minimum absolute atomic E-state index is 0.709. The molecule has 90 valence electrons. The topological polar surface area (TPSA) is 51.8 Å². The third kappa shape index (κ3) is 3.87. The predicted octanol–water partition coefficient (Wildman–Crippen LogP) is 2.78. The zero-order chi connectivity index (χ0) is 12.1. The zero-order valence-electron chi connectivity index (χ0n) is 9.40. The molecule has 0 bridgehead atoms. The highest BCUT2D eigenvalue weighted by Crippen LogP contribution is 2.18. The van der Waals surface area contributed by atoms with Gasteiger partial charge in [-0.05, 0) is 30.7 Å². The Hall–Kier alpha value is -0.780. The van der Waals surface area contributed by atoms with Crippen LogP contribution in [0.1, 0.15) is 22.0 Å². The molecular formula is C12H14BrN3S. The maximum Gasteiger partial charge on any atom is 0.121 e. The number of aromatic nitrogens is 2. The highest BCUT2D eigenvalue weighted by Gasteiger charge is 2.05. The number of nitrogens with zero attached hydrogens (tertiary/aromatic N) is 2. The number of benzene rings is 1. The molecule has 17 heavy (non-hydrogen) atoms. The molecule has 0 fully saturated rings. The summed E-state index contributed by atoms with van der Waals surface area (Å²) in [5.41, 5.74) is 6.73. The molecule has 5 heteroatoms. The van der Waals surface area contributed by atoms with E-state index in [1.807, 2.05) is 12.1 Å². The van der Waals surface area contributed by atoms with E-state index >= 15 is 0 Å². The Labute approximate surface area is 113 Å². The minimum atomic E-state index is 0.709. The van der Waals surface area contributed by atoms with Gasteiger partial charge in [0.1, 0.15) is 10.0 Å². The van der Waals surface area contributed by atoms with Gasteiger partial charge in [-0.15, -0.1) is 21.5 Å². The first-order chi connectivity index (χ1) is 8.28. The smallest absolute Gasteiger partial charge is 0.121 e. The molecule has 2 rings (SSSR count). The lowest BCUT2D eigenvalue weighted by Gasteiger charge is -1.97. The van der Waals surface area contributed by atoms with Crippen LogP contribution in [0.5, 0.6) is 0 Å². The summed E-state index contributed by atoms with van der Waals surface area (Å²) in [6.45, 7) is 0.709. The highest BCUT2D eigenvalue weighted by molar-refractivity contribution is 9.10. The number of hydrogen-bond acceptors (Lipinski definition) is 4. The van der Waals surface area contributed by atoms with E-state index in [2.05, 4.69) is 38.3 Å². The Kier molecular flexibility index (Phi) is 4.65. The van der Waals surface area contributed by atoms with Crippen LogP contribution in [-0.2, 0) is 12.8 Å². The van der Waals surface area contributed by atoms with Crippen LogP contribution in [0.2, 0.25) is 0 Å². The quantitative estimate of drug-likeness (QED) is 0.923. The molecule has 1 aromatic heterocycles. The van der Waals surface area contributed by atoms with Crippen molar-refractivity contribution in [2.45, 2.75) is 19.3 Å². The number of halogens is 1. The molecule has 2 aromatic rings. The van der Waals surface area contributed by atoms with Crippen LogP contribution in [0, 0.1) is 0 Å². The number of hydrogen-bond donors (Lipinski definition) is 1. The van der Waals surface area contributed by atoms with Crippen molar-refractivity contribution in [2.24, 2.45) is 5.73 Å². The van der Waals surface area contributed by atoms with Crippen molar-refractivity contribution < 1.29 is 0 Å². The highest BCUT2D eigenvalue weighted by atomic mass is 79.9. The first-order valence-corrected chi connectivity index (χ1v) is 7.14. The number of rotatable bonds is 5. The molecule has 1 aromatic carbocycles. The average molecular weight is 312 g/mol. The monoisotopic (exact) mass is 311 g/mol. The predicted molar refractivity (Wildman–Crippen MR) is 74.2 cm³/mol. The van der Waals surface area contributed by atoms with Crippen LogP contribution < -0.4 is 5.73 Å². The SMILES string of the molecule is NCCCc1nnc(Cc2cccc(Br)c2)s1. The van der Waals surface area contributed by atoms with Gasteiger partial charge in [0.25, 0.3) is 0 Å². The van der Waals surface area contributed by atoms with E-state index in [1.54, 1.807) is 11.3 Å². The van der Waals surface area contributed by atoms with Crippen LogP contribution in [-0.4, -0.2) is 16.7 Å². The standard InChI is InChI=1S/C12H14BrN3S/c13-10-4-1-3-9(7-10)8-12-16-15-11(17-12)5-2-6-14/h1,3-4,7H,2,5-6,8,14H2. The van der Waals surface area contributed by atoms with Crippen molar-refractivity contribution >= 4 is 27.3 Å². The summed E-state index contributed by atoms with van der Waals surface area (Å²) in [4.78, 5) is 0. The fourth-order valence-electron chi connectivity index (χ4n) is 1.54. The Balaban J connectivity index is 2.01. The normalized spacial score (nSPS) is 10.7. The van der Waals surface area contributed by atoms with Gasteiger partial charge < -0.3 is 5.73 Å². The van der Waals surface area contributed by atoms with E-state index < -0.39 is 0 Å². The second-order valence-corrected chi connectivity index (χ2v) is 5.85. The lowest BCUT2D eigenvalue weighted by atomic mass is 10.2. The van der Waals surface area contributed by atoms with E-state index in [9.17, 15) is 0 Å². The summed E-state index contributed by atoms with van der Waals surface area (Å²) in [6, 6.07) is 8.28. The molecule has 0 amide bonds.